The van der Waals surface area contributed by atoms with Crippen LogP contribution in [0, 0.1) is 5.82 Å². The van der Waals surface area contributed by atoms with E-state index in [1.165, 1.54) is 31.4 Å². The Morgan fingerprint density at radius 1 is 1.16 bits per heavy atom. The SMILES string of the molecule is COC(=O)c1ccc(NC(=O)c2cc3ccc(F)cc3nc2N2CCCC(F)(F)CC2)s1. The van der Waals surface area contributed by atoms with Crippen LogP contribution in [0.2, 0.25) is 0 Å². The number of anilines is 2. The predicted octanol–water partition coefficient (Wildman–Crippen LogP) is 5.10. The van der Waals surface area contributed by atoms with Crippen molar-refractivity contribution in [2.75, 3.05) is 30.4 Å². The average molecular weight is 463 g/mol. The number of fused-ring (bicyclic) bond motifs is 1. The highest BCUT2D eigenvalue weighted by Gasteiger charge is 2.33. The van der Waals surface area contributed by atoms with Crippen molar-refractivity contribution in [1.29, 1.82) is 0 Å². The number of hydrogen-bond donors (Lipinski definition) is 1. The van der Waals surface area contributed by atoms with Crippen molar-refractivity contribution in [2.45, 2.75) is 25.2 Å². The predicted molar refractivity (Wildman–Crippen MR) is 116 cm³/mol. The molecule has 1 aliphatic rings. The number of alkyl halides is 2. The molecule has 0 unspecified atom stereocenters. The van der Waals surface area contributed by atoms with E-state index in [4.69, 9.17) is 0 Å². The van der Waals surface area contributed by atoms with Crippen LogP contribution in [0.25, 0.3) is 10.9 Å². The van der Waals surface area contributed by atoms with Gasteiger partial charge in [-0.3, -0.25) is 4.79 Å². The zero-order chi connectivity index (χ0) is 22.9. The van der Waals surface area contributed by atoms with Crippen LogP contribution in [0.15, 0.2) is 36.4 Å². The summed E-state index contributed by atoms with van der Waals surface area (Å²) < 4.78 is 46.2. The van der Waals surface area contributed by atoms with E-state index >= 15 is 0 Å². The van der Waals surface area contributed by atoms with Crippen LogP contribution in [0.1, 0.15) is 39.3 Å². The Morgan fingerprint density at radius 3 is 2.75 bits per heavy atom. The molecule has 0 aliphatic carbocycles. The zero-order valence-corrected chi connectivity index (χ0v) is 18.0. The second-order valence-corrected chi connectivity index (χ2v) is 8.59. The normalized spacial score (nSPS) is 15.9. The van der Waals surface area contributed by atoms with Gasteiger partial charge in [0.15, 0.2) is 0 Å². The number of halogens is 3. The molecular formula is C22H20F3N3O3S. The molecule has 32 heavy (non-hydrogen) atoms. The summed E-state index contributed by atoms with van der Waals surface area (Å²) in [5.41, 5.74) is 0.513. The lowest BCUT2D eigenvalue weighted by molar-refractivity contribution is -0.0102. The molecular weight excluding hydrogens is 443 g/mol. The smallest absolute Gasteiger partial charge is 0.348 e. The molecule has 168 valence electrons. The molecule has 1 amide bonds. The van der Waals surface area contributed by atoms with E-state index in [0.29, 0.717) is 27.3 Å². The number of carbonyl (C=O) groups is 2. The molecule has 10 heteroatoms. The maximum absolute atomic E-state index is 13.9. The van der Waals surface area contributed by atoms with Crippen LogP contribution >= 0.6 is 11.3 Å². The fourth-order valence-electron chi connectivity index (χ4n) is 3.61. The van der Waals surface area contributed by atoms with E-state index in [9.17, 15) is 22.8 Å². The van der Waals surface area contributed by atoms with Gasteiger partial charge in [0.2, 0.25) is 5.92 Å². The number of thiophene rings is 1. The van der Waals surface area contributed by atoms with Gasteiger partial charge >= 0.3 is 5.97 Å². The Morgan fingerprint density at radius 2 is 1.97 bits per heavy atom. The maximum atomic E-state index is 13.9. The van der Waals surface area contributed by atoms with Gasteiger partial charge in [-0.05, 0) is 36.8 Å². The van der Waals surface area contributed by atoms with Crippen LogP contribution in [-0.2, 0) is 4.74 Å². The van der Waals surface area contributed by atoms with Crippen molar-refractivity contribution in [3.05, 3.63) is 52.7 Å². The molecule has 6 nitrogen and oxygen atoms in total. The summed E-state index contributed by atoms with van der Waals surface area (Å²) in [7, 11) is 1.26. The number of methoxy groups -OCH3 is 1. The summed E-state index contributed by atoms with van der Waals surface area (Å²) in [6, 6.07) is 8.70. The highest BCUT2D eigenvalue weighted by atomic mass is 32.1. The molecule has 1 saturated heterocycles. The Kier molecular flexibility index (Phi) is 6.05. The van der Waals surface area contributed by atoms with Gasteiger partial charge in [0, 0.05) is 37.4 Å². The fourth-order valence-corrected chi connectivity index (χ4v) is 4.43. The minimum absolute atomic E-state index is 0.0204. The summed E-state index contributed by atoms with van der Waals surface area (Å²) >= 11 is 1.05. The van der Waals surface area contributed by atoms with E-state index in [-0.39, 0.29) is 37.2 Å². The topological polar surface area (TPSA) is 71.5 Å². The van der Waals surface area contributed by atoms with Crippen molar-refractivity contribution in [3.63, 3.8) is 0 Å². The molecule has 2 aromatic heterocycles. The zero-order valence-electron chi connectivity index (χ0n) is 17.2. The third-order valence-electron chi connectivity index (χ3n) is 5.25. The average Bonchev–Trinajstić information content (AvgIpc) is 3.14. The number of nitrogens with one attached hydrogen (secondary N) is 1. The highest BCUT2D eigenvalue weighted by molar-refractivity contribution is 7.18. The summed E-state index contributed by atoms with van der Waals surface area (Å²) in [5, 5.41) is 3.69. The summed E-state index contributed by atoms with van der Waals surface area (Å²) in [6.07, 6.45) is -0.354. The van der Waals surface area contributed by atoms with Gasteiger partial charge in [0.05, 0.1) is 23.2 Å². The van der Waals surface area contributed by atoms with Crippen molar-refractivity contribution in [2.24, 2.45) is 0 Å². The number of pyridine rings is 1. The highest BCUT2D eigenvalue weighted by Crippen LogP contribution is 2.32. The Hall–Kier alpha value is -3.14. The molecule has 0 bridgehead atoms. The number of rotatable bonds is 4. The molecule has 0 atom stereocenters. The van der Waals surface area contributed by atoms with Gasteiger partial charge < -0.3 is 15.0 Å². The third kappa shape index (κ3) is 4.69. The monoisotopic (exact) mass is 463 g/mol. The lowest BCUT2D eigenvalue weighted by Crippen LogP contribution is -2.29. The first-order valence-electron chi connectivity index (χ1n) is 9.98. The number of ether oxygens (including phenoxy) is 1. The second kappa shape index (κ2) is 8.78. The summed E-state index contributed by atoms with van der Waals surface area (Å²) in [5.74, 6) is -4.06. The first kappa shape index (κ1) is 22.1. The molecule has 1 N–H and O–H groups in total. The van der Waals surface area contributed by atoms with E-state index in [1.54, 1.807) is 17.0 Å². The summed E-state index contributed by atoms with van der Waals surface area (Å²) in [4.78, 5) is 31.2. The van der Waals surface area contributed by atoms with E-state index in [1.807, 2.05) is 0 Å². The fraction of sp³-hybridized carbons (Fsp3) is 0.318. The number of amides is 1. The second-order valence-electron chi connectivity index (χ2n) is 7.50. The number of hydrogen-bond acceptors (Lipinski definition) is 6. The number of carbonyl (C=O) groups excluding carboxylic acids is 2. The molecule has 3 heterocycles. The molecule has 4 rings (SSSR count). The lowest BCUT2D eigenvalue weighted by atomic mass is 10.1. The van der Waals surface area contributed by atoms with Crippen molar-refractivity contribution in [3.8, 4) is 0 Å². The number of esters is 1. The Bertz CT molecular complexity index is 1180. The molecule has 0 saturated carbocycles. The van der Waals surface area contributed by atoms with Crippen molar-refractivity contribution in [1.82, 2.24) is 4.98 Å². The van der Waals surface area contributed by atoms with Crippen LogP contribution in [0.4, 0.5) is 24.0 Å². The standard InChI is InChI=1S/C22H20F3N3O3S/c1-31-21(30)17-5-6-18(32-17)27-20(29)15-11-13-3-4-14(23)12-16(13)26-19(15)28-9-2-7-22(24,25)8-10-28/h3-6,11-12H,2,7-10H2,1H3,(H,27,29). The largest absolute Gasteiger partial charge is 0.465 e. The number of aromatic nitrogens is 1. The van der Waals surface area contributed by atoms with Gasteiger partial charge in [0.25, 0.3) is 5.91 Å². The Balaban J connectivity index is 1.70. The third-order valence-corrected chi connectivity index (χ3v) is 6.23. The quantitative estimate of drug-likeness (QED) is 0.545. The minimum atomic E-state index is -2.78. The van der Waals surface area contributed by atoms with Crippen molar-refractivity contribution >= 4 is 44.9 Å². The molecule has 1 aromatic carbocycles. The molecule has 3 aromatic rings. The maximum Gasteiger partial charge on any atom is 0.348 e. The van der Waals surface area contributed by atoms with Gasteiger partial charge in [-0.1, -0.05) is 0 Å². The number of nitrogens with zero attached hydrogens (tertiary/aromatic N) is 2. The minimum Gasteiger partial charge on any atom is -0.465 e. The van der Waals surface area contributed by atoms with Crippen LogP contribution in [0.5, 0.6) is 0 Å². The molecule has 1 fully saturated rings. The van der Waals surface area contributed by atoms with Crippen LogP contribution < -0.4 is 10.2 Å². The van der Waals surface area contributed by atoms with Crippen LogP contribution in [-0.4, -0.2) is 43.0 Å². The van der Waals surface area contributed by atoms with Crippen molar-refractivity contribution < 1.29 is 27.5 Å². The number of benzene rings is 1. The lowest BCUT2D eigenvalue weighted by Gasteiger charge is -2.24. The van der Waals surface area contributed by atoms with Gasteiger partial charge in [-0.2, -0.15) is 0 Å². The van der Waals surface area contributed by atoms with Gasteiger partial charge in [-0.25, -0.2) is 22.9 Å². The first-order chi connectivity index (χ1) is 15.3. The van der Waals surface area contributed by atoms with E-state index in [2.05, 4.69) is 15.0 Å². The van der Waals surface area contributed by atoms with E-state index in [0.717, 1.165) is 11.3 Å². The first-order valence-corrected chi connectivity index (χ1v) is 10.8. The van der Waals surface area contributed by atoms with Gasteiger partial charge in [0.1, 0.15) is 16.5 Å². The molecule has 1 aliphatic heterocycles. The Labute approximate surface area is 186 Å². The van der Waals surface area contributed by atoms with Gasteiger partial charge in [-0.15, -0.1) is 11.3 Å². The van der Waals surface area contributed by atoms with Crippen LogP contribution in [0.3, 0.4) is 0 Å². The van der Waals surface area contributed by atoms with E-state index < -0.39 is 23.6 Å². The molecule has 0 spiro atoms. The summed E-state index contributed by atoms with van der Waals surface area (Å²) in [6.45, 7) is 0.321. The molecule has 0 radical (unpaired) electrons.